The number of halogens is 3. The smallest absolute Gasteiger partial charge is 0.431 e. The van der Waals surface area contributed by atoms with Gasteiger partial charge in [0.2, 0.25) is 0 Å². The molecule has 19 heavy (non-hydrogen) atoms. The van der Waals surface area contributed by atoms with Crippen LogP contribution in [0.4, 0.5) is 13.2 Å². The molecule has 0 radical (unpaired) electrons. The van der Waals surface area contributed by atoms with Gasteiger partial charge in [0.15, 0.2) is 0 Å². The molecule has 110 valence electrons. The van der Waals surface area contributed by atoms with E-state index in [1.807, 2.05) is 13.8 Å². The Labute approximate surface area is 110 Å². The van der Waals surface area contributed by atoms with E-state index in [1.54, 1.807) is 0 Å². The van der Waals surface area contributed by atoms with Crippen molar-refractivity contribution >= 4 is 12.2 Å². The van der Waals surface area contributed by atoms with Crippen LogP contribution in [0, 0.1) is 11.3 Å². The third-order valence-electron chi connectivity index (χ3n) is 2.22. The minimum absolute atomic E-state index is 0.0483. The molecule has 0 saturated carbocycles. The van der Waals surface area contributed by atoms with Gasteiger partial charge in [-0.05, 0) is 19.3 Å². The number of nitrogens with one attached hydrogen (secondary N) is 2. The Bertz CT molecular complexity index is 349. The molecule has 0 aromatic heterocycles. The SMILES string of the molecule is CCOC(=O)/C(C=N)=C(/NCCC(C)C)C(F)(F)F. The highest BCUT2D eigenvalue weighted by atomic mass is 19.4. The molecule has 2 N–H and O–H groups in total. The lowest BCUT2D eigenvalue weighted by molar-refractivity contribution is -0.139. The molecule has 0 heterocycles. The quantitative estimate of drug-likeness (QED) is 0.428. The van der Waals surface area contributed by atoms with E-state index in [1.165, 1.54) is 6.92 Å². The number of alkyl halides is 3. The molecule has 0 aromatic carbocycles. The first-order chi connectivity index (χ1) is 8.73. The molecule has 0 aliphatic carbocycles. The Morgan fingerprint density at radius 3 is 2.37 bits per heavy atom. The van der Waals surface area contributed by atoms with Crippen LogP contribution in [-0.2, 0) is 9.53 Å². The van der Waals surface area contributed by atoms with E-state index in [0.717, 1.165) is 0 Å². The maximum atomic E-state index is 12.9. The summed E-state index contributed by atoms with van der Waals surface area (Å²) in [7, 11) is 0. The summed E-state index contributed by atoms with van der Waals surface area (Å²) >= 11 is 0. The number of hydrogen-bond donors (Lipinski definition) is 2. The van der Waals surface area contributed by atoms with Gasteiger partial charge in [0.05, 0.1) is 6.61 Å². The summed E-state index contributed by atoms with van der Waals surface area (Å²) in [6, 6.07) is 0. The summed E-state index contributed by atoms with van der Waals surface area (Å²) in [6.45, 7) is 5.26. The zero-order chi connectivity index (χ0) is 15.1. The second-order valence-electron chi connectivity index (χ2n) is 4.26. The Hall–Kier alpha value is -1.53. The molecule has 0 aromatic rings. The fourth-order valence-electron chi connectivity index (χ4n) is 1.28. The fourth-order valence-corrected chi connectivity index (χ4v) is 1.28. The van der Waals surface area contributed by atoms with Gasteiger partial charge in [-0.2, -0.15) is 13.2 Å². The van der Waals surface area contributed by atoms with Crippen molar-refractivity contribution in [2.24, 2.45) is 5.92 Å². The fraction of sp³-hybridized carbons (Fsp3) is 0.667. The normalized spacial score (nSPS) is 13.0. The molecule has 0 bridgehead atoms. The molecule has 7 heteroatoms. The van der Waals surface area contributed by atoms with Gasteiger partial charge in [-0.25, -0.2) is 4.79 Å². The lowest BCUT2D eigenvalue weighted by Gasteiger charge is -2.17. The summed E-state index contributed by atoms with van der Waals surface area (Å²) in [5, 5.41) is 9.16. The topological polar surface area (TPSA) is 62.2 Å². The van der Waals surface area contributed by atoms with Crippen molar-refractivity contribution in [3.8, 4) is 0 Å². The van der Waals surface area contributed by atoms with Gasteiger partial charge in [-0.15, -0.1) is 0 Å². The van der Waals surface area contributed by atoms with E-state index in [9.17, 15) is 18.0 Å². The van der Waals surface area contributed by atoms with Crippen molar-refractivity contribution < 1.29 is 22.7 Å². The largest absolute Gasteiger partial charge is 0.462 e. The van der Waals surface area contributed by atoms with Gasteiger partial charge in [-0.3, -0.25) is 0 Å². The van der Waals surface area contributed by atoms with Gasteiger partial charge in [0.25, 0.3) is 0 Å². The lowest BCUT2D eigenvalue weighted by Crippen LogP contribution is -2.32. The third kappa shape index (κ3) is 6.26. The summed E-state index contributed by atoms with van der Waals surface area (Å²) in [5.41, 5.74) is -2.03. The summed E-state index contributed by atoms with van der Waals surface area (Å²) < 4.78 is 43.1. The number of carbonyl (C=O) groups excluding carboxylic acids is 1. The molecule has 0 atom stereocenters. The Kier molecular flexibility index (Phi) is 7.18. The summed E-state index contributed by atoms with van der Waals surface area (Å²) in [4.78, 5) is 11.4. The summed E-state index contributed by atoms with van der Waals surface area (Å²) in [5.74, 6) is -0.921. The van der Waals surface area contributed by atoms with E-state index in [2.05, 4.69) is 10.1 Å². The van der Waals surface area contributed by atoms with Gasteiger partial charge in [0.1, 0.15) is 11.3 Å². The van der Waals surface area contributed by atoms with Crippen LogP contribution in [0.3, 0.4) is 0 Å². The number of allylic oxidation sites excluding steroid dienone is 1. The van der Waals surface area contributed by atoms with E-state index < -0.39 is 23.4 Å². The van der Waals surface area contributed by atoms with Crippen LogP contribution in [-0.4, -0.2) is 31.5 Å². The predicted octanol–water partition coefficient (Wildman–Crippen LogP) is 2.65. The molecule has 0 aliphatic rings. The molecule has 4 nitrogen and oxygen atoms in total. The summed E-state index contributed by atoms with van der Waals surface area (Å²) in [6.07, 6.45) is -3.84. The van der Waals surface area contributed by atoms with Crippen molar-refractivity contribution in [3.63, 3.8) is 0 Å². The standard InChI is InChI=1S/C12H19F3N2O2/c1-4-19-11(18)9(7-16)10(12(13,14)15)17-6-5-8(2)3/h7-8,16-17H,4-6H2,1-3H3/b10-9+,16-7?. The molecular weight excluding hydrogens is 261 g/mol. The van der Waals surface area contributed by atoms with Crippen molar-refractivity contribution in [2.45, 2.75) is 33.4 Å². The average Bonchev–Trinajstić information content (AvgIpc) is 2.26. The Balaban J connectivity index is 5.17. The zero-order valence-corrected chi connectivity index (χ0v) is 11.2. The highest BCUT2D eigenvalue weighted by molar-refractivity contribution is 6.09. The monoisotopic (exact) mass is 280 g/mol. The van der Waals surface area contributed by atoms with Crippen LogP contribution in [0.5, 0.6) is 0 Å². The first kappa shape index (κ1) is 17.5. The maximum absolute atomic E-state index is 12.9. The maximum Gasteiger partial charge on any atom is 0.431 e. The van der Waals surface area contributed by atoms with E-state index >= 15 is 0 Å². The highest BCUT2D eigenvalue weighted by Crippen LogP contribution is 2.26. The zero-order valence-electron chi connectivity index (χ0n) is 11.2. The second kappa shape index (κ2) is 7.81. The van der Waals surface area contributed by atoms with Gasteiger partial charge < -0.3 is 15.5 Å². The molecule has 0 rings (SSSR count). The Morgan fingerprint density at radius 1 is 1.42 bits per heavy atom. The van der Waals surface area contributed by atoms with Crippen LogP contribution >= 0.6 is 0 Å². The highest BCUT2D eigenvalue weighted by Gasteiger charge is 2.38. The number of carbonyl (C=O) groups is 1. The van der Waals surface area contributed by atoms with E-state index in [4.69, 9.17) is 5.41 Å². The van der Waals surface area contributed by atoms with Crippen molar-refractivity contribution in [2.75, 3.05) is 13.2 Å². The van der Waals surface area contributed by atoms with Crippen molar-refractivity contribution in [1.82, 2.24) is 5.32 Å². The molecule has 0 amide bonds. The van der Waals surface area contributed by atoms with Crippen LogP contribution in [0.15, 0.2) is 11.3 Å². The van der Waals surface area contributed by atoms with Crippen LogP contribution in [0.1, 0.15) is 27.2 Å². The molecule has 0 saturated heterocycles. The first-order valence-electron chi connectivity index (χ1n) is 5.96. The minimum Gasteiger partial charge on any atom is -0.462 e. The second-order valence-corrected chi connectivity index (χ2v) is 4.26. The van der Waals surface area contributed by atoms with Crippen molar-refractivity contribution in [1.29, 1.82) is 5.41 Å². The number of hydrogen-bond acceptors (Lipinski definition) is 4. The number of esters is 1. The third-order valence-corrected chi connectivity index (χ3v) is 2.22. The van der Waals surface area contributed by atoms with Gasteiger partial charge in [-0.1, -0.05) is 13.8 Å². The number of ether oxygens (including phenoxy) is 1. The van der Waals surface area contributed by atoms with Crippen LogP contribution in [0.25, 0.3) is 0 Å². The van der Waals surface area contributed by atoms with Gasteiger partial charge >= 0.3 is 12.1 Å². The molecular formula is C12H19F3N2O2. The minimum atomic E-state index is -4.73. The molecule has 0 fully saturated rings. The van der Waals surface area contributed by atoms with Crippen LogP contribution < -0.4 is 5.32 Å². The Morgan fingerprint density at radius 2 is 2.00 bits per heavy atom. The first-order valence-corrected chi connectivity index (χ1v) is 5.96. The molecule has 0 unspecified atom stereocenters. The average molecular weight is 280 g/mol. The lowest BCUT2D eigenvalue weighted by atomic mass is 10.1. The number of rotatable bonds is 7. The van der Waals surface area contributed by atoms with Gasteiger partial charge in [0, 0.05) is 12.8 Å². The predicted molar refractivity (Wildman–Crippen MR) is 66.0 cm³/mol. The molecule has 0 spiro atoms. The van der Waals surface area contributed by atoms with E-state index in [-0.39, 0.29) is 19.1 Å². The van der Waals surface area contributed by atoms with E-state index in [0.29, 0.717) is 12.6 Å². The van der Waals surface area contributed by atoms with Crippen LogP contribution in [0.2, 0.25) is 0 Å². The van der Waals surface area contributed by atoms with Crippen molar-refractivity contribution in [3.05, 3.63) is 11.3 Å². The molecule has 0 aliphatic heterocycles.